The molecule has 1 aromatic carbocycles. The highest BCUT2D eigenvalue weighted by atomic mass is 32.2. The van der Waals surface area contributed by atoms with E-state index in [0.717, 1.165) is 28.8 Å². The highest BCUT2D eigenvalue weighted by Crippen LogP contribution is 2.36. The third-order valence-electron chi connectivity index (χ3n) is 1.98. The van der Waals surface area contributed by atoms with Crippen LogP contribution >= 0.6 is 11.3 Å². The lowest BCUT2D eigenvalue weighted by Crippen LogP contribution is -2.27. The van der Waals surface area contributed by atoms with E-state index < -0.39 is 27.2 Å². The highest BCUT2D eigenvalue weighted by molar-refractivity contribution is 7.88. The number of hydrogen-bond acceptors (Lipinski definition) is 4. The molecule has 1 aromatic heterocycles. The van der Waals surface area contributed by atoms with Crippen LogP contribution in [-0.2, 0) is 10.1 Å². The molecule has 0 bridgehead atoms. The van der Waals surface area contributed by atoms with Gasteiger partial charge < -0.3 is 4.18 Å². The molecule has 0 saturated carbocycles. The number of alkyl halides is 3. The maximum Gasteiger partial charge on any atom is 0.534 e. The molecule has 0 spiro atoms. The molecule has 0 radical (unpaired) electrons. The molecule has 9 heteroatoms. The van der Waals surface area contributed by atoms with E-state index in [0.29, 0.717) is 4.70 Å². The predicted molar refractivity (Wildman–Crippen MR) is 57.4 cm³/mol. The molecule has 0 fully saturated rings. The normalized spacial score (nSPS) is 12.9. The molecule has 0 atom stereocenters. The van der Waals surface area contributed by atoms with Crippen LogP contribution in [-0.4, -0.2) is 13.9 Å². The third-order valence-corrected chi connectivity index (χ3v) is 3.89. The zero-order valence-corrected chi connectivity index (χ0v) is 10.00. The first kappa shape index (κ1) is 13.1. The van der Waals surface area contributed by atoms with Gasteiger partial charge in [0.05, 0.1) is 0 Å². The lowest BCUT2D eigenvalue weighted by atomic mass is 10.2. The zero-order valence-electron chi connectivity index (χ0n) is 8.36. The minimum Gasteiger partial charge on any atom is -0.374 e. The number of benzene rings is 1. The molecule has 0 saturated heterocycles. The van der Waals surface area contributed by atoms with E-state index in [2.05, 4.69) is 4.18 Å². The summed E-state index contributed by atoms with van der Waals surface area (Å²) in [6.07, 6.45) is 0. The lowest BCUT2D eigenvalue weighted by Gasteiger charge is -2.08. The number of halogens is 4. The van der Waals surface area contributed by atoms with Crippen molar-refractivity contribution in [3.8, 4) is 5.75 Å². The third kappa shape index (κ3) is 2.27. The van der Waals surface area contributed by atoms with Crippen molar-refractivity contribution in [3.63, 3.8) is 0 Å². The van der Waals surface area contributed by atoms with Crippen LogP contribution in [0.4, 0.5) is 17.6 Å². The van der Waals surface area contributed by atoms with E-state index in [-0.39, 0.29) is 5.39 Å². The van der Waals surface area contributed by atoms with Gasteiger partial charge in [-0.2, -0.15) is 21.6 Å². The molecule has 0 amide bonds. The molecule has 0 aliphatic carbocycles. The van der Waals surface area contributed by atoms with Crippen LogP contribution in [0.3, 0.4) is 0 Å². The first-order valence-electron chi connectivity index (χ1n) is 4.38. The Bertz CT molecular complexity index is 687. The standard InChI is InChI=1S/C9H4F4O3S2/c10-5-1-2-8-6(3-5)7(4-17-8)16-18(14,15)9(11,12)13/h1-4H. The Kier molecular flexibility index (Phi) is 2.98. The van der Waals surface area contributed by atoms with Gasteiger partial charge in [-0.05, 0) is 18.2 Å². The minimum atomic E-state index is -5.74. The molecule has 0 aliphatic heterocycles. The van der Waals surface area contributed by atoms with Crippen molar-refractivity contribution in [2.45, 2.75) is 5.51 Å². The SMILES string of the molecule is O=S(=O)(Oc1csc2ccc(F)cc12)C(F)(F)F. The Morgan fingerprint density at radius 1 is 1.22 bits per heavy atom. The van der Waals surface area contributed by atoms with E-state index in [1.165, 1.54) is 6.07 Å². The van der Waals surface area contributed by atoms with Gasteiger partial charge in [0.25, 0.3) is 0 Å². The summed E-state index contributed by atoms with van der Waals surface area (Å²) in [6, 6.07) is 3.34. The van der Waals surface area contributed by atoms with Crippen molar-refractivity contribution in [3.05, 3.63) is 29.4 Å². The van der Waals surface area contributed by atoms with Crippen LogP contribution in [0.25, 0.3) is 10.1 Å². The lowest BCUT2D eigenvalue weighted by molar-refractivity contribution is -0.0499. The highest BCUT2D eigenvalue weighted by Gasteiger charge is 2.48. The van der Waals surface area contributed by atoms with Crippen molar-refractivity contribution in [2.24, 2.45) is 0 Å². The van der Waals surface area contributed by atoms with Gasteiger partial charge in [-0.25, -0.2) is 4.39 Å². The number of fused-ring (bicyclic) bond motifs is 1. The Hall–Kier alpha value is -1.35. The molecular formula is C9H4F4O3S2. The second kappa shape index (κ2) is 4.09. The van der Waals surface area contributed by atoms with Gasteiger partial charge in [-0.15, -0.1) is 11.3 Å². The quantitative estimate of drug-likeness (QED) is 0.486. The molecule has 0 N–H and O–H groups in total. The second-order valence-corrected chi connectivity index (χ2v) is 5.67. The summed E-state index contributed by atoms with van der Waals surface area (Å²) in [4.78, 5) is 0. The van der Waals surface area contributed by atoms with E-state index in [1.54, 1.807) is 0 Å². The van der Waals surface area contributed by atoms with Crippen LogP contribution in [0.1, 0.15) is 0 Å². The van der Waals surface area contributed by atoms with E-state index in [4.69, 9.17) is 0 Å². The van der Waals surface area contributed by atoms with E-state index in [9.17, 15) is 26.0 Å². The number of thiophene rings is 1. The van der Waals surface area contributed by atoms with Crippen LogP contribution in [0.15, 0.2) is 23.6 Å². The van der Waals surface area contributed by atoms with Crippen LogP contribution < -0.4 is 4.18 Å². The van der Waals surface area contributed by atoms with Gasteiger partial charge in [-0.3, -0.25) is 0 Å². The van der Waals surface area contributed by atoms with E-state index >= 15 is 0 Å². The average Bonchev–Trinajstić information content (AvgIpc) is 2.59. The van der Waals surface area contributed by atoms with Crippen molar-refractivity contribution < 1.29 is 30.2 Å². The monoisotopic (exact) mass is 300 g/mol. The fourth-order valence-electron chi connectivity index (χ4n) is 1.21. The van der Waals surface area contributed by atoms with Gasteiger partial charge in [0.1, 0.15) is 5.82 Å². The average molecular weight is 300 g/mol. The summed E-state index contributed by atoms with van der Waals surface area (Å²) >= 11 is 0.951. The summed E-state index contributed by atoms with van der Waals surface area (Å²) in [5.74, 6) is -1.23. The van der Waals surface area contributed by atoms with Gasteiger partial charge in [0.2, 0.25) is 0 Å². The molecule has 18 heavy (non-hydrogen) atoms. The number of hydrogen-bond donors (Lipinski definition) is 0. The van der Waals surface area contributed by atoms with Crippen molar-refractivity contribution in [2.75, 3.05) is 0 Å². The number of rotatable bonds is 2. The van der Waals surface area contributed by atoms with Crippen LogP contribution in [0.2, 0.25) is 0 Å². The topological polar surface area (TPSA) is 43.4 Å². The predicted octanol–water partition coefficient (Wildman–Crippen LogP) is 3.27. The van der Waals surface area contributed by atoms with Crippen molar-refractivity contribution >= 4 is 31.5 Å². The van der Waals surface area contributed by atoms with Crippen molar-refractivity contribution in [1.29, 1.82) is 0 Å². The molecular weight excluding hydrogens is 296 g/mol. The Morgan fingerprint density at radius 2 is 1.89 bits per heavy atom. The molecule has 0 aliphatic rings. The smallest absolute Gasteiger partial charge is 0.374 e. The summed E-state index contributed by atoms with van der Waals surface area (Å²) in [6.45, 7) is 0. The van der Waals surface area contributed by atoms with Gasteiger partial charge in [0.15, 0.2) is 5.75 Å². The Labute approximate surface area is 103 Å². The van der Waals surface area contributed by atoms with Crippen LogP contribution in [0, 0.1) is 5.82 Å². The summed E-state index contributed by atoms with van der Waals surface area (Å²) in [5.41, 5.74) is -5.52. The molecule has 2 aromatic rings. The minimum absolute atomic E-state index is 0.0205. The Balaban J connectivity index is 2.48. The van der Waals surface area contributed by atoms with Crippen LogP contribution in [0.5, 0.6) is 5.75 Å². The largest absolute Gasteiger partial charge is 0.534 e. The first-order valence-corrected chi connectivity index (χ1v) is 6.67. The molecule has 0 unspecified atom stereocenters. The molecule has 2 rings (SSSR count). The van der Waals surface area contributed by atoms with Gasteiger partial charge in [-0.1, -0.05) is 0 Å². The fraction of sp³-hybridized carbons (Fsp3) is 0.111. The Morgan fingerprint density at radius 3 is 2.50 bits per heavy atom. The maximum atomic E-state index is 12.9. The molecule has 1 heterocycles. The molecule has 98 valence electrons. The summed E-state index contributed by atoms with van der Waals surface area (Å²) < 4.78 is 75.3. The fourth-order valence-corrected chi connectivity index (χ4v) is 2.58. The van der Waals surface area contributed by atoms with Crippen molar-refractivity contribution in [1.82, 2.24) is 0 Å². The molecule has 3 nitrogen and oxygen atoms in total. The maximum absolute atomic E-state index is 12.9. The van der Waals surface area contributed by atoms with Gasteiger partial charge >= 0.3 is 15.6 Å². The zero-order chi connectivity index (χ0) is 13.6. The summed E-state index contributed by atoms with van der Waals surface area (Å²) in [7, 11) is -5.74. The van der Waals surface area contributed by atoms with E-state index in [1.807, 2.05) is 0 Å². The van der Waals surface area contributed by atoms with Gasteiger partial charge in [0, 0.05) is 15.5 Å². The first-order chi connectivity index (χ1) is 8.21. The summed E-state index contributed by atoms with van der Waals surface area (Å²) in [5, 5.41) is 1.06. The second-order valence-electron chi connectivity index (χ2n) is 3.22.